The molecule has 2 aromatic carbocycles. The van der Waals surface area contributed by atoms with Crippen molar-refractivity contribution in [2.75, 3.05) is 6.26 Å². The molecule has 0 aromatic heterocycles. The number of aliphatic hydroxyl groups is 1. The lowest BCUT2D eigenvalue weighted by atomic mass is 10.0. The molecule has 0 saturated heterocycles. The van der Waals surface area contributed by atoms with Gasteiger partial charge in [-0.05, 0) is 41.6 Å². The molecule has 0 unspecified atom stereocenters. The van der Waals surface area contributed by atoms with Gasteiger partial charge in [0.2, 0.25) is 0 Å². The maximum absolute atomic E-state index is 10.2. The van der Waals surface area contributed by atoms with Crippen molar-refractivity contribution in [1.82, 2.24) is 0 Å². The highest BCUT2D eigenvalue weighted by Crippen LogP contribution is 2.25. The summed E-state index contributed by atoms with van der Waals surface area (Å²) in [6.07, 6.45) is 1.49. The SMILES string of the molecule is CSc1ccc([C@@H](O)c2ccc(Br)cc2)cc1. The van der Waals surface area contributed by atoms with Gasteiger partial charge in [0.15, 0.2) is 0 Å². The van der Waals surface area contributed by atoms with Gasteiger partial charge in [-0.1, -0.05) is 40.2 Å². The number of hydrogen-bond acceptors (Lipinski definition) is 2. The molecular weight excluding hydrogens is 296 g/mol. The van der Waals surface area contributed by atoms with E-state index >= 15 is 0 Å². The number of benzene rings is 2. The Morgan fingerprint density at radius 3 is 1.88 bits per heavy atom. The molecule has 0 heterocycles. The molecule has 0 aliphatic heterocycles. The second-order valence-corrected chi connectivity index (χ2v) is 5.52. The van der Waals surface area contributed by atoms with Crippen LogP contribution >= 0.6 is 27.7 Å². The molecule has 2 rings (SSSR count). The van der Waals surface area contributed by atoms with Crippen LogP contribution in [0.2, 0.25) is 0 Å². The maximum atomic E-state index is 10.2. The summed E-state index contributed by atoms with van der Waals surface area (Å²) in [4.78, 5) is 1.21. The first-order chi connectivity index (χ1) is 8.20. The van der Waals surface area contributed by atoms with E-state index in [2.05, 4.69) is 15.9 Å². The van der Waals surface area contributed by atoms with Crippen molar-refractivity contribution in [3.63, 3.8) is 0 Å². The fraction of sp³-hybridized carbons (Fsp3) is 0.143. The van der Waals surface area contributed by atoms with Crippen LogP contribution in [0.15, 0.2) is 57.9 Å². The van der Waals surface area contributed by atoms with Crippen LogP contribution < -0.4 is 0 Å². The molecule has 0 fully saturated rings. The zero-order valence-electron chi connectivity index (χ0n) is 9.43. The molecule has 17 heavy (non-hydrogen) atoms. The van der Waals surface area contributed by atoms with Gasteiger partial charge in [0.05, 0.1) is 0 Å². The average Bonchev–Trinajstić information content (AvgIpc) is 2.39. The number of rotatable bonds is 3. The molecule has 0 aliphatic carbocycles. The highest BCUT2D eigenvalue weighted by atomic mass is 79.9. The van der Waals surface area contributed by atoms with Crippen LogP contribution in [0.4, 0.5) is 0 Å². The van der Waals surface area contributed by atoms with E-state index < -0.39 is 6.10 Å². The van der Waals surface area contributed by atoms with Gasteiger partial charge in [0, 0.05) is 9.37 Å². The lowest BCUT2D eigenvalue weighted by Gasteiger charge is -2.12. The molecule has 0 saturated carbocycles. The van der Waals surface area contributed by atoms with E-state index in [4.69, 9.17) is 0 Å². The van der Waals surface area contributed by atoms with Crippen LogP contribution in [0.25, 0.3) is 0 Å². The van der Waals surface area contributed by atoms with Crippen LogP contribution in [0.1, 0.15) is 17.2 Å². The van der Waals surface area contributed by atoms with Gasteiger partial charge in [-0.15, -0.1) is 11.8 Å². The van der Waals surface area contributed by atoms with Gasteiger partial charge in [0.1, 0.15) is 6.10 Å². The van der Waals surface area contributed by atoms with Crippen LogP contribution in [0.5, 0.6) is 0 Å². The first-order valence-corrected chi connectivity index (χ1v) is 7.30. The Morgan fingerprint density at radius 1 is 0.941 bits per heavy atom. The molecule has 1 atom stereocenters. The standard InChI is InChI=1S/C14H13BrOS/c1-17-13-8-4-11(5-9-13)14(16)10-2-6-12(15)7-3-10/h2-9,14,16H,1H3/t14-/m0/s1. The van der Waals surface area contributed by atoms with Crippen molar-refractivity contribution in [2.24, 2.45) is 0 Å². The predicted octanol–water partition coefficient (Wildman–Crippen LogP) is 4.25. The minimum absolute atomic E-state index is 0.556. The molecule has 0 amide bonds. The van der Waals surface area contributed by atoms with Gasteiger partial charge in [0.25, 0.3) is 0 Å². The molecule has 3 heteroatoms. The second-order valence-electron chi connectivity index (χ2n) is 3.73. The molecule has 0 spiro atoms. The summed E-state index contributed by atoms with van der Waals surface area (Å²) in [5.41, 5.74) is 1.83. The highest BCUT2D eigenvalue weighted by molar-refractivity contribution is 9.10. The quantitative estimate of drug-likeness (QED) is 0.855. The summed E-state index contributed by atoms with van der Waals surface area (Å²) in [7, 11) is 0. The fourth-order valence-corrected chi connectivity index (χ4v) is 2.30. The number of thioether (sulfide) groups is 1. The predicted molar refractivity (Wildman–Crippen MR) is 76.4 cm³/mol. The van der Waals surface area contributed by atoms with Crippen molar-refractivity contribution >= 4 is 27.7 Å². The average molecular weight is 309 g/mol. The molecule has 88 valence electrons. The van der Waals surface area contributed by atoms with Crippen LogP contribution in [-0.4, -0.2) is 11.4 Å². The zero-order valence-corrected chi connectivity index (χ0v) is 11.8. The van der Waals surface area contributed by atoms with Gasteiger partial charge >= 0.3 is 0 Å². The van der Waals surface area contributed by atoms with Crippen molar-refractivity contribution in [3.8, 4) is 0 Å². The Morgan fingerprint density at radius 2 is 1.41 bits per heavy atom. The first kappa shape index (κ1) is 12.7. The Labute approximate surface area is 114 Å². The summed E-state index contributed by atoms with van der Waals surface area (Å²) in [5, 5.41) is 10.2. The summed E-state index contributed by atoms with van der Waals surface area (Å²) in [6.45, 7) is 0. The van der Waals surface area contributed by atoms with Gasteiger partial charge in [-0.3, -0.25) is 0 Å². The lowest BCUT2D eigenvalue weighted by Crippen LogP contribution is -1.98. The summed E-state index contributed by atoms with van der Waals surface area (Å²) in [6, 6.07) is 15.7. The minimum atomic E-state index is -0.556. The third-order valence-electron chi connectivity index (χ3n) is 2.62. The van der Waals surface area contributed by atoms with E-state index in [1.165, 1.54) is 4.90 Å². The molecule has 0 radical (unpaired) electrons. The van der Waals surface area contributed by atoms with Crippen molar-refractivity contribution < 1.29 is 5.11 Å². The highest BCUT2D eigenvalue weighted by Gasteiger charge is 2.09. The van der Waals surface area contributed by atoms with Crippen LogP contribution in [0.3, 0.4) is 0 Å². The molecule has 2 aromatic rings. The summed E-state index contributed by atoms with van der Waals surface area (Å²) >= 11 is 5.08. The zero-order chi connectivity index (χ0) is 12.3. The number of hydrogen-bond donors (Lipinski definition) is 1. The third-order valence-corrected chi connectivity index (χ3v) is 3.89. The molecular formula is C14H13BrOS. The van der Waals surface area contributed by atoms with E-state index in [0.29, 0.717) is 0 Å². The van der Waals surface area contributed by atoms with Gasteiger partial charge in [-0.2, -0.15) is 0 Å². The summed E-state index contributed by atoms with van der Waals surface area (Å²) in [5.74, 6) is 0. The van der Waals surface area contributed by atoms with Crippen LogP contribution in [0, 0.1) is 0 Å². The Hall–Kier alpha value is -0.770. The smallest absolute Gasteiger partial charge is 0.104 e. The van der Waals surface area contributed by atoms with Crippen molar-refractivity contribution in [1.29, 1.82) is 0 Å². The Kier molecular flexibility index (Phi) is 4.26. The van der Waals surface area contributed by atoms with E-state index in [0.717, 1.165) is 15.6 Å². The van der Waals surface area contributed by atoms with Gasteiger partial charge in [-0.25, -0.2) is 0 Å². The maximum Gasteiger partial charge on any atom is 0.104 e. The number of aliphatic hydroxyl groups excluding tert-OH is 1. The fourth-order valence-electron chi connectivity index (χ4n) is 1.62. The van der Waals surface area contributed by atoms with E-state index in [9.17, 15) is 5.11 Å². The topological polar surface area (TPSA) is 20.2 Å². The van der Waals surface area contributed by atoms with E-state index in [1.54, 1.807) is 11.8 Å². The largest absolute Gasteiger partial charge is 0.384 e. The van der Waals surface area contributed by atoms with Gasteiger partial charge < -0.3 is 5.11 Å². The Balaban J connectivity index is 2.23. The van der Waals surface area contributed by atoms with Crippen LogP contribution in [-0.2, 0) is 0 Å². The third kappa shape index (κ3) is 3.12. The normalized spacial score (nSPS) is 12.4. The minimum Gasteiger partial charge on any atom is -0.384 e. The Bertz CT molecular complexity index is 479. The van der Waals surface area contributed by atoms with E-state index in [1.807, 2.05) is 54.8 Å². The van der Waals surface area contributed by atoms with Crippen molar-refractivity contribution in [3.05, 3.63) is 64.1 Å². The van der Waals surface area contributed by atoms with E-state index in [-0.39, 0.29) is 0 Å². The monoisotopic (exact) mass is 308 g/mol. The molecule has 1 N–H and O–H groups in total. The summed E-state index contributed by atoms with van der Waals surface area (Å²) < 4.78 is 1.02. The molecule has 0 aliphatic rings. The van der Waals surface area contributed by atoms with Crippen molar-refractivity contribution in [2.45, 2.75) is 11.0 Å². The lowest BCUT2D eigenvalue weighted by molar-refractivity contribution is 0.220. The molecule has 0 bridgehead atoms. The molecule has 1 nitrogen and oxygen atoms in total. The second kappa shape index (κ2) is 5.71. The first-order valence-electron chi connectivity index (χ1n) is 5.28. The number of halogens is 1.